The first-order chi connectivity index (χ1) is 10.1. The average molecular weight is 289 g/mol. The summed E-state index contributed by atoms with van der Waals surface area (Å²) < 4.78 is 6.21. The van der Waals surface area contributed by atoms with E-state index < -0.39 is 0 Å². The molecule has 1 atom stereocenters. The van der Waals surface area contributed by atoms with Gasteiger partial charge in [0.15, 0.2) is 0 Å². The van der Waals surface area contributed by atoms with Gasteiger partial charge in [0.25, 0.3) is 0 Å². The second-order valence-corrected chi connectivity index (χ2v) is 6.64. The molecule has 21 heavy (non-hydrogen) atoms. The van der Waals surface area contributed by atoms with Gasteiger partial charge in [-0.05, 0) is 56.7 Å². The van der Waals surface area contributed by atoms with Gasteiger partial charge < -0.3 is 10.5 Å². The lowest BCUT2D eigenvalue weighted by molar-refractivity contribution is -0.0683. The molecular formula is C19H31NO. The molecule has 0 saturated heterocycles. The van der Waals surface area contributed by atoms with E-state index in [1.165, 1.54) is 42.4 Å². The summed E-state index contributed by atoms with van der Waals surface area (Å²) in [6, 6.07) is 6.81. The van der Waals surface area contributed by atoms with Crippen LogP contribution in [-0.4, -0.2) is 18.2 Å². The van der Waals surface area contributed by atoms with Gasteiger partial charge in [0.05, 0.1) is 5.60 Å². The highest BCUT2D eigenvalue weighted by atomic mass is 16.5. The predicted molar refractivity (Wildman–Crippen MR) is 89.7 cm³/mol. The highest BCUT2D eigenvalue weighted by Crippen LogP contribution is 2.34. The fourth-order valence-corrected chi connectivity index (χ4v) is 3.61. The van der Waals surface area contributed by atoms with Gasteiger partial charge in [0, 0.05) is 12.6 Å². The van der Waals surface area contributed by atoms with Crippen molar-refractivity contribution < 1.29 is 4.74 Å². The summed E-state index contributed by atoms with van der Waals surface area (Å²) >= 11 is 0. The van der Waals surface area contributed by atoms with E-state index in [1.54, 1.807) is 0 Å². The van der Waals surface area contributed by atoms with Crippen LogP contribution in [0.5, 0.6) is 0 Å². The van der Waals surface area contributed by atoms with E-state index in [4.69, 9.17) is 10.5 Å². The average Bonchev–Trinajstić information content (AvgIpc) is 2.70. The van der Waals surface area contributed by atoms with Crippen molar-refractivity contribution in [2.24, 2.45) is 5.73 Å². The molecule has 2 rings (SSSR count). The normalized spacial score (nSPS) is 20.0. The van der Waals surface area contributed by atoms with Crippen molar-refractivity contribution in [2.45, 2.75) is 77.4 Å². The minimum absolute atomic E-state index is 0.0951. The van der Waals surface area contributed by atoms with Crippen LogP contribution in [0.1, 0.15) is 62.1 Å². The third kappa shape index (κ3) is 4.08. The van der Waals surface area contributed by atoms with Crippen LogP contribution in [0.3, 0.4) is 0 Å². The van der Waals surface area contributed by atoms with Crippen LogP contribution >= 0.6 is 0 Å². The second-order valence-electron chi connectivity index (χ2n) is 6.64. The second kappa shape index (κ2) is 7.42. The van der Waals surface area contributed by atoms with Crippen molar-refractivity contribution >= 4 is 0 Å². The zero-order valence-electron chi connectivity index (χ0n) is 14.0. The number of benzene rings is 1. The molecule has 2 heteroatoms. The summed E-state index contributed by atoms with van der Waals surface area (Å²) in [5, 5.41) is 0. The number of ether oxygens (including phenoxy) is 1. The van der Waals surface area contributed by atoms with E-state index in [9.17, 15) is 0 Å². The Kier molecular flexibility index (Phi) is 5.83. The standard InChI is InChI=1S/C19H31NO/c1-4-21-19(11-7-5-6-8-12-19)18(20)14-17-10-9-15(2)16(3)13-17/h9-10,13,18H,4-8,11-12,14,20H2,1-3H3. The molecular weight excluding hydrogens is 258 g/mol. The monoisotopic (exact) mass is 289 g/mol. The van der Waals surface area contributed by atoms with Crippen molar-refractivity contribution in [3.8, 4) is 0 Å². The Hall–Kier alpha value is -0.860. The Bertz CT molecular complexity index is 447. The molecule has 118 valence electrons. The Morgan fingerprint density at radius 2 is 1.76 bits per heavy atom. The van der Waals surface area contributed by atoms with Gasteiger partial charge in [-0.3, -0.25) is 0 Å². The Morgan fingerprint density at radius 1 is 1.10 bits per heavy atom. The summed E-state index contributed by atoms with van der Waals surface area (Å²) in [4.78, 5) is 0. The maximum absolute atomic E-state index is 6.63. The third-order valence-electron chi connectivity index (χ3n) is 5.08. The summed E-state index contributed by atoms with van der Waals surface area (Å²) in [6.07, 6.45) is 8.30. The maximum atomic E-state index is 6.63. The Labute approximate surface area is 130 Å². The van der Waals surface area contributed by atoms with E-state index in [2.05, 4.69) is 39.0 Å². The minimum atomic E-state index is -0.107. The lowest BCUT2D eigenvalue weighted by Gasteiger charge is -2.38. The van der Waals surface area contributed by atoms with Crippen LogP contribution < -0.4 is 5.73 Å². The number of hydrogen-bond acceptors (Lipinski definition) is 2. The zero-order chi connectivity index (χ0) is 15.3. The first-order valence-corrected chi connectivity index (χ1v) is 8.53. The highest BCUT2D eigenvalue weighted by molar-refractivity contribution is 5.30. The number of rotatable bonds is 5. The van der Waals surface area contributed by atoms with Crippen LogP contribution in [-0.2, 0) is 11.2 Å². The molecule has 0 aliphatic heterocycles. The fraction of sp³-hybridized carbons (Fsp3) is 0.684. The van der Waals surface area contributed by atoms with E-state index in [1.807, 2.05) is 0 Å². The molecule has 0 bridgehead atoms. The van der Waals surface area contributed by atoms with Crippen LogP contribution in [0.15, 0.2) is 18.2 Å². The van der Waals surface area contributed by atoms with Crippen LogP contribution in [0.25, 0.3) is 0 Å². The zero-order valence-corrected chi connectivity index (χ0v) is 14.0. The molecule has 2 N–H and O–H groups in total. The summed E-state index contributed by atoms with van der Waals surface area (Å²) in [6.45, 7) is 7.19. The number of hydrogen-bond donors (Lipinski definition) is 1. The SMILES string of the molecule is CCOC1(C(N)Cc2ccc(C)c(C)c2)CCCCCC1. The predicted octanol–water partition coefficient (Wildman–Crippen LogP) is 4.30. The van der Waals surface area contributed by atoms with Crippen molar-refractivity contribution in [1.29, 1.82) is 0 Å². The molecule has 1 saturated carbocycles. The molecule has 0 heterocycles. The summed E-state index contributed by atoms with van der Waals surface area (Å²) in [5.41, 5.74) is 10.6. The molecule has 0 radical (unpaired) electrons. The Balaban J connectivity index is 2.13. The number of nitrogens with two attached hydrogens (primary N) is 1. The molecule has 1 aliphatic carbocycles. The number of aryl methyl sites for hydroxylation is 2. The van der Waals surface area contributed by atoms with Crippen molar-refractivity contribution in [2.75, 3.05) is 6.61 Å². The molecule has 0 spiro atoms. The van der Waals surface area contributed by atoms with E-state index in [0.717, 1.165) is 25.9 Å². The van der Waals surface area contributed by atoms with E-state index in [-0.39, 0.29) is 11.6 Å². The van der Waals surface area contributed by atoms with Gasteiger partial charge in [0.1, 0.15) is 0 Å². The van der Waals surface area contributed by atoms with Gasteiger partial charge in [-0.15, -0.1) is 0 Å². The highest BCUT2D eigenvalue weighted by Gasteiger charge is 2.37. The first-order valence-electron chi connectivity index (χ1n) is 8.53. The maximum Gasteiger partial charge on any atom is 0.0835 e. The third-order valence-corrected chi connectivity index (χ3v) is 5.08. The molecule has 1 fully saturated rings. The van der Waals surface area contributed by atoms with E-state index in [0.29, 0.717) is 0 Å². The van der Waals surface area contributed by atoms with Crippen LogP contribution in [0.4, 0.5) is 0 Å². The lowest BCUT2D eigenvalue weighted by Crippen LogP contribution is -2.51. The van der Waals surface area contributed by atoms with Crippen molar-refractivity contribution in [3.05, 3.63) is 34.9 Å². The summed E-state index contributed by atoms with van der Waals surface area (Å²) in [5.74, 6) is 0. The van der Waals surface area contributed by atoms with Crippen molar-refractivity contribution in [3.63, 3.8) is 0 Å². The quantitative estimate of drug-likeness (QED) is 0.820. The molecule has 1 aromatic rings. The smallest absolute Gasteiger partial charge is 0.0835 e. The molecule has 1 unspecified atom stereocenters. The molecule has 1 aromatic carbocycles. The molecule has 0 aromatic heterocycles. The van der Waals surface area contributed by atoms with Gasteiger partial charge >= 0.3 is 0 Å². The molecule has 0 amide bonds. The van der Waals surface area contributed by atoms with Gasteiger partial charge in [-0.25, -0.2) is 0 Å². The summed E-state index contributed by atoms with van der Waals surface area (Å²) in [7, 11) is 0. The van der Waals surface area contributed by atoms with Crippen LogP contribution in [0.2, 0.25) is 0 Å². The first kappa shape index (κ1) is 16.5. The lowest BCUT2D eigenvalue weighted by atomic mass is 9.83. The molecule has 1 aliphatic rings. The van der Waals surface area contributed by atoms with Gasteiger partial charge in [0.2, 0.25) is 0 Å². The van der Waals surface area contributed by atoms with Crippen LogP contribution in [0, 0.1) is 13.8 Å². The molecule has 2 nitrogen and oxygen atoms in total. The van der Waals surface area contributed by atoms with Gasteiger partial charge in [-0.1, -0.05) is 43.9 Å². The Morgan fingerprint density at radius 3 is 2.33 bits per heavy atom. The topological polar surface area (TPSA) is 35.2 Å². The van der Waals surface area contributed by atoms with Crippen molar-refractivity contribution in [1.82, 2.24) is 0 Å². The van der Waals surface area contributed by atoms with E-state index >= 15 is 0 Å². The fourth-order valence-electron chi connectivity index (χ4n) is 3.61. The van der Waals surface area contributed by atoms with Gasteiger partial charge in [-0.2, -0.15) is 0 Å². The largest absolute Gasteiger partial charge is 0.374 e. The minimum Gasteiger partial charge on any atom is -0.374 e.